The highest BCUT2D eigenvalue weighted by atomic mass is 16.6. The third kappa shape index (κ3) is 4.03. The molecule has 1 atom stereocenters. The van der Waals surface area contributed by atoms with E-state index in [1.807, 2.05) is 13.0 Å². The van der Waals surface area contributed by atoms with Crippen LogP contribution in [0.4, 0.5) is 11.4 Å². The van der Waals surface area contributed by atoms with Gasteiger partial charge in [0.05, 0.1) is 11.0 Å². The quantitative estimate of drug-likeness (QED) is 0.453. The molecule has 0 saturated carbocycles. The number of nitrogens with one attached hydrogen (secondary N) is 1. The Morgan fingerprint density at radius 3 is 2.82 bits per heavy atom. The Bertz CT molecular complexity index is 391. The SMILES string of the molecule is Cc1cccc([N+](=O)[O-])c1NCCCC(C)O. The van der Waals surface area contributed by atoms with Crippen LogP contribution in [0.15, 0.2) is 18.2 Å². The van der Waals surface area contributed by atoms with Gasteiger partial charge in [0.25, 0.3) is 5.69 Å². The number of nitrogens with zero attached hydrogens (tertiary/aromatic N) is 1. The number of aliphatic hydroxyl groups is 1. The summed E-state index contributed by atoms with van der Waals surface area (Å²) in [6, 6.07) is 5.00. The van der Waals surface area contributed by atoms with Gasteiger partial charge in [-0.3, -0.25) is 10.1 Å². The van der Waals surface area contributed by atoms with Crippen LogP contribution in [0.25, 0.3) is 0 Å². The third-order valence-electron chi connectivity index (χ3n) is 2.55. The summed E-state index contributed by atoms with van der Waals surface area (Å²) in [5, 5.41) is 23.0. The minimum Gasteiger partial charge on any atom is -0.393 e. The van der Waals surface area contributed by atoms with E-state index in [1.165, 1.54) is 6.07 Å². The van der Waals surface area contributed by atoms with Crippen LogP contribution in [0.1, 0.15) is 25.3 Å². The Balaban J connectivity index is 2.66. The van der Waals surface area contributed by atoms with E-state index in [-0.39, 0.29) is 16.7 Å². The molecule has 0 heterocycles. The van der Waals surface area contributed by atoms with Gasteiger partial charge >= 0.3 is 0 Å². The molecule has 5 heteroatoms. The van der Waals surface area contributed by atoms with Gasteiger partial charge in [-0.05, 0) is 32.3 Å². The largest absolute Gasteiger partial charge is 0.393 e. The number of anilines is 1. The highest BCUT2D eigenvalue weighted by molar-refractivity contribution is 5.65. The smallest absolute Gasteiger partial charge is 0.292 e. The summed E-state index contributed by atoms with van der Waals surface area (Å²) >= 11 is 0. The first kappa shape index (κ1) is 13.4. The lowest BCUT2D eigenvalue weighted by atomic mass is 10.1. The van der Waals surface area contributed by atoms with Crippen molar-refractivity contribution < 1.29 is 10.0 Å². The van der Waals surface area contributed by atoms with Gasteiger partial charge in [0, 0.05) is 12.6 Å². The predicted octanol–water partition coefficient (Wildman–Crippen LogP) is 2.48. The molecule has 0 radical (unpaired) electrons. The van der Waals surface area contributed by atoms with E-state index in [0.29, 0.717) is 18.7 Å². The Kier molecular flexibility index (Phi) is 4.90. The maximum absolute atomic E-state index is 10.8. The number of aryl methyl sites for hydroxylation is 1. The van der Waals surface area contributed by atoms with Crippen LogP contribution in [0.2, 0.25) is 0 Å². The molecule has 1 unspecified atom stereocenters. The van der Waals surface area contributed by atoms with Crippen molar-refractivity contribution in [3.63, 3.8) is 0 Å². The van der Waals surface area contributed by atoms with E-state index in [9.17, 15) is 10.1 Å². The molecule has 0 spiro atoms. The molecule has 0 fully saturated rings. The van der Waals surface area contributed by atoms with Crippen molar-refractivity contribution in [1.82, 2.24) is 0 Å². The van der Waals surface area contributed by atoms with Crippen molar-refractivity contribution in [2.24, 2.45) is 0 Å². The average Bonchev–Trinajstić information content (AvgIpc) is 2.25. The Morgan fingerprint density at radius 2 is 2.24 bits per heavy atom. The monoisotopic (exact) mass is 238 g/mol. The first-order valence-electron chi connectivity index (χ1n) is 5.68. The van der Waals surface area contributed by atoms with Gasteiger partial charge in [-0.25, -0.2) is 0 Å². The molecule has 94 valence electrons. The molecule has 0 aliphatic carbocycles. The maximum atomic E-state index is 10.8. The van der Waals surface area contributed by atoms with Gasteiger partial charge in [-0.1, -0.05) is 12.1 Å². The van der Waals surface area contributed by atoms with E-state index in [4.69, 9.17) is 5.11 Å². The highest BCUT2D eigenvalue weighted by Crippen LogP contribution is 2.27. The zero-order valence-electron chi connectivity index (χ0n) is 10.1. The van der Waals surface area contributed by atoms with Crippen molar-refractivity contribution in [3.05, 3.63) is 33.9 Å². The summed E-state index contributed by atoms with van der Waals surface area (Å²) in [4.78, 5) is 10.5. The zero-order valence-corrected chi connectivity index (χ0v) is 10.1. The van der Waals surface area contributed by atoms with Gasteiger partial charge in [-0.2, -0.15) is 0 Å². The van der Waals surface area contributed by atoms with Gasteiger partial charge < -0.3 is 10.4 Å². The molecule has 5 nitrogen and oxygen atoms in total. The molecule has 1 rings (SSSR count). The number of aliphatic hydroxyl groups excluding tert-OH is 1. The first-order chi connectivity index (χ1) is 8.02. The summed E-state index contributed by atoms with van der Waals surface area (Å²) < 4.78 is 0. The van der Waals surface area contributed by atoms with E-state index in [1.54, 1.807) is 13.0 Å². The van der Waals surface area contributed by atoms with Crippen LogP contribution in [-0.4, -0.2) is 22.7 Å². The third-order valence-corrected chi connectivity index (χ3v) is 2.55. The van der Waals surface area contributed by atoms with Crippen molar-refractivity contribution in [3.8, 4) is 0 Å². The summed E-state index contributed by atoms with van der Waals surface area (Å²) in [6.45, 7) is 4.19. The standard InChI is InChI=1S/C12H18N2O3/c1-9-5-3-7-11(14(16)17)12(9)13-8-4-6-10(2)15/h3,5,7,10,13,15H,4,6,8H2,1-2H3. The fraction of sp³-hybridized carbons (Fsp3) is 0.500. The number of rotatable bonds is 6. The summed E-state index contributed by atoms with van der Waals surface area (Å²) in [5.74, 6) is 0. The van der Waals surface area contributed by atoms with Crippen LogP contribution in [0, 0.1) is 17.0 Å². The highest BCUT2D eigenvalue weighted by Gasteiger charge is 2.14. The van der Waals surface area contributed by atoms with Crippen LogP contribution in [0.5, 0.6) is 0 Å². The zero-order chi connectivity index (χ0) is 12.8. The summed E-state index contributed by atoms with van der Waals surface area (Å²) in [5.41, 5.74) is 1.53. The van der Waals surface area contributed by atoms with Crippen molar-refractivity contribution >= 4 is 11.4 Å². The molecule has 0 bridgehead atoms. The fourth-order valence-corrected chi connectivity index (χ4v) is 1.65. The number of nitro groups is 1. The van der Waals surface area contributed by atoms with E-state index in [0.717, 1.165) is 12.0 Å². The Morgan fingerprint density at radius 1 is 1.53 bits per heavy atom. The second-order valence-electron chi connectivity index (χ2n) is 4.14. The number of hydrogen-bond acceptors (Lipinski definition) is 4. The topological polar surface area (TPSA) is 75.4 Å². The molecule has 2 N–H and O–H groups in total. The van der Waals surface area contributed by atoms with Crippen LogP contribution < -0.4 is 5.32 Å². The van der Waals surface area contributed by atoms with Gasteiger partial charge in [-0.15, -0.1) is 0 Å². The van der Waals surface area contributed by atoms with Crippen molar-refractivity contribution in [2.75, 3.05) is 11.9 Å². The second-order valence-corrected chi connectivity index (χ2v) is 4.14. The lowest BCUT2D eigenvalue weighted by Gasteiger charge is -2.10. The number of nitro benzene ring substituents is 1. The number of hydrogen-bond donors (Lipinski definition) is 2. The van der Waals surface area contributed by atoms with E-state index >= 15 is 0 Å². The maximum Gasteiger partial charge on any atom is 0.292 e. The fourth-order valence-electron chi connectivity index (χ4n) is 1.65. The normalized spacial score (nSPS) is 12.2. The van der Waals surface area contributed by atoms with Crippen LogP contribution in [-0.2, 0) is 0 Å². The minimum absolute atomic E-state index is 0.0991. The number of benzene rings is 1. The van der Waals surface area contributed by atoms with Gasteiger partial charge in [0.2, 0.25) is 0 Å². The molecule has 0 aliphatic heterocycles. The Labute approximate surface area is 101 Å². The predicted molar refractivity (Wildman–Crippen MR) is 67.2 cm³/mol. The molecule has 0 aromatic heterocycles. The summed E-state index contributed by atoms with van der Waals surface area (Å²) in [6.07, 6.45) is 1.14. The van der Waals surface area contributed by atoms with E-state index in [2.05, 4.69) is 5.32 Å². The first-order valence-corrected chi connectivity index (χ1v) is 5.68. The van der Waals surface area contributed by atoms with E-state index < -0.39 is 0 Å². The van der Waals surface area contributed by atoms with Crippen molar-refractivity contribution in [1.29, 1.82) is 0 Å². The van der Waals surface area contributed by atoms with Gasteiger partial charge in [0.1, 0.15) is 5.69 Å². The molecule has 0 amide bonds. The minimum atomic E-state index is -0.385. The summed E-state index contributed by atoms with van der Waals surface area (Å²) in [7, 11) is 0. The second kappa shape index (κ2) is 6.20. The Hall–Kier alpha value is -1.62. The van der Waals surface area contributed by atoms with Crippen LogP contribution >= 0.6 is 0 Å². The molecular formula is C12H18N2O3. The lowest BCUT2D eigenvalue weighted by molar-refractivity contribution is -0.384. The molecule has 1 aromatic carbocycles. The van der Waals surface area contributed by atoms with Crippen LogP contribution in [0.3, 0.4) is 0 Å². The van der Waals surface area contributed by atoms with Gasteiger partial charge in [0.15, 0.2) is 0 Å². The number of para-hydroxylation sites is 1. The molecule has 1 aromatic rings. The average molecular weight is 238 g/mol. The lowest BCUT2D eigenvalue weighted by Crippen LogP contribution is -2.08. The van der Waals surface area contributed by atoms with Crippen molar-refractivity contribution in [2.45, 2.75) is 32.8 Å². The molecular weight excluding hydrogens is 220 g/mol. The molecule has 0 saturated heterocycles. The molecule has 0 aliphatic rings. The molecule has 17 heavy (non-hydrogen) atoms.